The molecule has 0 heterocycles. The summed E-state index contributed by atoms with van der Waals surface area (Å²) in [4.78, 5) is 23.7. The molecule has 2 rings (SSSR count). The Morgan fingerprint density at radius 1 is 1.22 bits per heavy atom. The first kappa shape index (κ1) is 20.2. The minimum absolute atomic E-state index is 0.0822. The van der Waals surface area contributed by atoms with Gasteiger partial charge in [0.2, 0.25) is 0 Å². The normalized spacial score (nSPS) is 10.7. The maximum atomic E-state index is 12.5. The van der Waals surface area contributed by atoms with E-state index in [9.17, 15) is 14.9 Å². The van der Waals surface area contributed by atoms with Crippen molar-refractivity contribution in [1.82, 2.24) is 0 Å². The summed E-state index contributed by atoms with van der Waals surface area (Å²) in [5, 5.41) is 12.1. The predicted octanol–water partition coefficient (Wildman–Crippen LogP) is 4.24. The predicted molar refractivity (Wildman–Crippen MR) is 105 cm³/mol. The smallest absolute Gasteiger partial charge is 0.308 e. The number of anilines is 1. The Balaban J connectivity index is 2.36. The summed E-state index contributed by atoms with van der Waals surface area (Å²) in [6.45, 7) is 3.14. The molecule has 0 aliphatic carbocycles. The SMILES string of the molecule is COc1cc(/C=C(/C#N)C(=O)Nc2ccccc2C)c(Br)cc1OC(C)=O. The van der Waals surface area contributed by atoms with Crippen LogP contribution in [0.4, 0.5) is 5.69 Å². The monoisotopic (exact) mass is 428 g/mol. The maximum Gasteiger partial charge on any atom is 0.308 e. The summed E-state index contributed by atoms with van der Waals surface area (Å²) in [7, 11) is 1.43. The van der Waals surface area contributed by atoms with Crippen LogP contribution in [0.5, 0.6) is 11.5 Å². The standard InChI is InChI=1S/C20H17BrN2O4/c1-12-6-4-5-7-17(12)23-20(25)15(11-22)8-14-9-18(26-3)19(10-16(14)21)27-13(2)24/h4-10H,1-3H3,(H,23,25)/b15-8-. The molecule has 0 unspecified atom stereocenters. The van der Waals surface area contributed by atoms with Crippen LogP contribution in [0.3, 0.4) is 0 Å². The van der Waals surface area contributed by atoms with Gasteiger partial charge in [0.15, 0.2) is 11.5 Å². The van der Waals surface area contributed by atoms with Crippen LogP contribution >= 0.6 is 15.9 Å². The van der Waals surface area contributed by atoms with Crippen molar-refractivity contribution in [3.05, 3.63) is 57.6 Å². The van der Waals surface area contributed by atoms with E-state index >= 15 is 0 Å². The van der Waals surface area contributed by atoms with Gasteiger partial charge in [0, 0.05) is 17.1 Å². The number of aryl methyl sites for hydroxylation is 1. The fourth-order valence-corrected chi connectivity index (χ4v) is 2.70. The molecule has 0 bridgehead atoms. The number of amides is 1. The average molecular weight is 429 g/mol. The lowest BCUT2D eigenvalue weighted by Crippen LogP contribution is -2.14. The zero-order valence-corrected chi connectivity index (χ0v) is 16.6. The van der Waals surface area contributed by atoms with Crippen LogP contribution in [0.1, 0.15) is 18.1 Å². The van der Waals surface area contributed by atoms with Gasteiger partial charge in [-0.1, -0.05) is 34.1 Å². The van der Waals surface area contributed by atoms with Crippen molar-refractivity contribution in [3.8, 4) is 17.6 Å². The van der Waals surface area contributed by atoms with Gasteiger partial charge >= 0.3 is 5.97 Å². The van der Waals surface area contributed by atoms with E-state index in [4.69, 9.17) is 9.47 Å². The molecule has 2 aromatic rings. The molecule has 0 aromatic heterocycles. The fraction of sp³-hybridized carbons (Fsp3) is 0.150. The molecule has 27 heavy (non-hydrogen) atoms. The molecular formula is C20H17BrN2O4. The fourth-order valence-electron chi connectivity index (χ4n) is 2.26. The van der Waals surface area contributed by atoms with Crippen molar-refractivity contribution in [1.29, 1.82) is 5.26 Å². The topological polar surface area (TPSA) is 88.4 Å². The number of nitrogens with one attached hydrogen (secondary N) is 1. The quantitative estimate of drug-likeness (QED) is 0.333. The molecule has 0 radical (unpaired) electrons. The number of ether oxygens (including phenoxy) is 2. The van der Waals surface area contributed by atoms with E-state index in [2.05, 4.69) is 21.2 Å². The Hall–Kier alpha value is -3.11. The minimum atomic E-state index is -0.526. The van der Waals surface area contributed by atoms with Crippen LogP contribution < -0.4 is 14.8 Å². The second kappa shape index (κ2) is 9.01. The molecule has 1 amide bonds. The van der Waals surface area contributed by atoms with E-state index < -0.39 is 11.9 Å². The Morgan fingerprint density at radius 2 is 1.93 bits per heavy atom. The van der Waals surface area contributed by atoms with Crippen molar-refractivity contribution in [2.75, 3.05) is 12.4 Å². The van der Waals surface area contributed by atoms with Crippen LogP contribution in [-0.2, 0) is 9.59 Å². The first-order valence-electron chi connectivity index (χ1n) is 7.90. The number of halogens is 1. The average Bonchev–Trinajstić information content (AvgIpc) is 2.62. The van der Waals surface area contributed by atoms with E-state index in [1.807, 2.05) is 25.1 Å². The van der Waals surface area contributed by atoms with Gasteiger partial charge in [-0.2, -0.15) is 5.26 Å². The lowest BCUT2D eigenvalue weighted by Gasteiger charge is -2.11. The molecule has 0 aliphatic rings. The van der Waals surface area contributed by atoms with Crippen LogP contribution in [0.15, 0.2) is 46.4 Å². The molecule has 0 saturated carbocycles. The molecule has 0 fully saturated rings. The van der Waals surface area contributed by atoms with E-state index in [1.165, 1.54) is 20.1 Å². The molecule has 0 aliphatic heterocycles. The minimum Gasteiger partial charge on any atom is -0.493 e. The van der Waals surface area contributed by atoms with Crippen LogP contribution in [0.2, 0.25) is 0 Å². The van der Waals surface area contributed by atoms with Crippen LogP contribution in [0, 0.1) is 18.3 Å². The number of nitriles is 1. The Kier molecular flexibility index (Phi) is 6.74. The summed E-state index contributed by atoms with van der Waals surface area (Å²) in [5.41, 5.74) is 1.96. The van der Waals surface area contributed by atoms with Gasteiger partial charge in [0.1, 0.15) is 11.6 Å². The van der Waals surface area contributed by atoms with Crippen molar-refractivity contribution in [2.45, 2.75) is 13.8 Å². The van der Waals surface area contributed by atoms with E-state index in [0.29, 0.717) is 21.5 Å². The third kappa shape index (κ3) is 5.19. The zero-order chi connectivity index (χ0) is 20.0. The molecule has 0 saturated heterocycles. The first-order valence-corrected chi connectivity index (χ1v) is 8.69. The van der Waals surface area contributed by atoms with E-state index in [1.54, 1.807) is 24.3 Å². The summed E-state index contributed by atoms with van der Waals surface area (Å²) >= 11 is 3.35. The molecule has 6 nitrogen and oxygen atoms in total. The molecule has 1 N–H and O–H groups in total. The van der Waals surface area contributed by atoms with Gasteiger partial charge in [-0.15, -0.1) is 0 Å². The van der Waals surface area contributed by atoms with E-state index in [0.717, 1.165) is 5.56 Å². The number of esters is 1. The maximum absolute atomic E-state index is 12.5. The van der Waals surface area contributed by atoms with Crippen LogP contribution in [-0.4, -0.2) is 19.0 Å². The highest BCUT2D eigenvalue weighted by Gasteiger charge is 2.15. The zero-order valence-electron chi connectivity index (χ0n) is 15.0. The highest BCUT2D eigenvalue weighted by molar-refractivity contribution is 9.10. The van der Waals surface area contributed by atoms with Gasteiger partial charge in [-0.25, -0.2) is 0 Å². The second-order valence-electron chi connectivity index (χ2n) is 5.56. The molecule has 0 spiro atoms. The highest BCUT2D eigenvalue weighted by Crippen LogP contribution is 2.34. The van der Waals surface area contributed by atoms with Gasteiger partial charge in [-0.3, -0.25) is 9.59 Å². The van der Waals surface area contributed by atoms with Crippen molar-refractivity contribution in [2.24, 2.45) is 0 Å². The summed E-state index contributed by atoms with van der Waals surface area (Å²) in [6.07, 6.45) is 1.43. The van der Waals surface area contributed by atoms with Crippen molar-refractivity contribution >= 4 is 39.6 Å². The first-order chi connectivity index (χ1) is 12.8. The highest BCUT2D eigenvalue weighted by atomic mass is 79.9. The number of carbonyl (C=O) groups is 2. The molecule has 0 atom stereocenters. The number of rotatable bonds is 5. The van der Waals surface area contributed by atoms with Gasteiger partial charge < -0.3 is 14.8 Å². The summed E-state index contributed by atoms with van der Waals surface area (Å²) in [6, 6.07) is 12.3. The Labute approximate surface area is 165 Å². The van der Waals surface area contributed by atoms with Gasteiger partial charge in [0.25, 0.3) is 5.91 Å². The molecule has 2 aromatic carbocycles. The number of nitrogens with zero attached hydrogens (tertiary/aromatic N) is 1. The third-order valence-corrected chi connectivity index (χ3v) is 4.28. The van der Waals surface area contributed by atoms with Crippen molar-refractivity contribution < 1.29 is 19.1 Å². The van der Waals surface area contributed by atoms with Gasteiger partial charge in [0.05, 0.1) is 7.11 Å². The largest absolute Gasteiger partial charge is 0.493 e. The lowest BCUT2D eigenvalue weighted by atomic mass is 10.1. The summed E-state index contributed by atoms with van der Waals surface area (Å²) in [5.74, 6) is -0.478. The number of hydrogen-bond donors (Lipinski definition) is 1. The number of methoxy groups -OCH3 is 1. The Bertz CT molecular complexity index is 961. The van der Waals surface area contributed by atoms with Crippen molar-refractivity contribution in [3.63, 3.8) is 0 Å². The second-order valence-corrected chi connectivity index (χ2v) is 6.41. The number of hydrogen-bond acceptors (Lipinski definition) is 5. The van der Waals surface area contributed by atoms with Gasteiger partial charge in [-0.05, 0) is 42.3 Å². The van der Waals surface area contributed by atoms with E-state index in [-0.39, 0.29) is 11.3 Å². The van der Waals surface area contributed by atoms with Crippen LogP contribution in [0.25, 0.3) is 6.08 Å². The third-order valence-electron chi connectivity index (χ3n) is 3.59. The number of carbonyl (C=O) groups excluding carboxylic acids is 2. The molecular weight excluding hydrogens is 412 g/mol. The molecule has 7 heteroatoms. The number of benzene rings is 2. The summed E-state index contributed by atoms with van der Waals surface area (Å²) < 4.78 is 10.8. The number of para-hydroxylation sites is 1. The lowest BCUT2D eigenvalue weighted by molar-refractivity contribution is -0.132. The molecule has 138 valence electrons. The Morgan fingerprint density at radius 3 is 2.52 bits per heavy atom.